The van der Waals surface area contributed by atoms with Crippen LogP contribution in [0.25, 0.3) is 0 Å². The van der Waals surface area contributed by atoms with Gasteiger partial charge in [-0.25, -0.2) is 0 Å². The molecule has 0 radical (unpaired) electrons. The molecule has 0 aromatic carbocycles. The molecule has 0 spiro atoms. The molecule has 2 unspecified atom stereocenters. The SMILES string of the molecule is CCCCCCCCCCC(NC)C1CCCCO1. The van der Waals surface area contributed by atoms with Gasteiger partial charge in [-0.2, -0.15) is 0 Å². The zero-order valence-corrected chi connectivity index (χ0v) is 13.3. The van der Waals surface area contributed by atoms with Crippen LogP contribution in [-0.2, 0) is 4.74 Å². The highest BCUT2D eigenvalue weighted by Crippen LogP contribution is 2.19. The molecule has 0 amide bonds. The third-order valence-corrected chi connectivity index (χ3v) is 4.40. The van der Waals surface area contributed by atoms with Crippen LogP contribution in [-0.4, -0.2) is 25.8 Å². The Bertz CT molecular complexity index is 190. The van der Waals surface area contributed by atoms with Gasteiger partial charge in [0.25, 0.3) is 0 Å². The lowest BCUT2D eigenvalue weighted by Gasteiger charge is -2.30. The Kier molecular flexibility index (Phi) is 10.5. The summed E-state index contributed by atoms with van der Waals surface area (Å²) in [6.45, 7) is 3.26. The van der Waals surface area contributed by atoms with Gasteiger partial charge in [-0.3, -0.25) is 0 Å². The van der Waals surface area contributed by atoms with E-state index in [4.69, 9.17) is 4.74 Å². The molecule has 1 fully saturated rings. The monoisotopic (exact) mass is 269 g/mol. The van der Waals surface area contributed by atoms with Crippen LogP contribution in [0.3, 0.4) is 0 Å². The van der Waals surface area contributed by atoms with Gasteiger partial charge < -0.3 is 10.1 Å². The molecule has 1 saturated heterocycles. The summed E-state index contributed by atoms with van der Waals surface area (Å²) in [6.07, 6.45) is 16.9. The second-order valence-corrected chi connectivity index (χ2v) is 6.06. The topological polar surface area (TPSA) is 21.3 Å². The summed E-state index contributed by atoms with van der Waals surface area (Å²) in [7, 11) is 2.09. The van der Waals surface area contributed by atoms with Crippen molar-refractivity contribution in [2.24, 2.45) is 0 Å². The molecule has 2 atom stereocenters. The summed E-state index contributed by atoms with van der Waals surface area (Å²) in [6, 6.07) is 0.584. The van der Waals surface area contributed by atoms with E-state index in [-0.39, 0.29) is 0 Å². The molecule has 1 heterocycles. The molecule has 0 bridgehead atoms. The van der Waals surface area contributed by atoms with Gasteiger partial charge in [0.15, 0.2) is 0 Å². The highest BCUT2D eigenvalue weighted by Gasteiger charge is 2.22. The van der Waals surface area contributed by atoms with Gasteiger partial charge in [0.05, 0.1) is 6.10 Å². The summed E-state index contributed by atoms with van der Waals surface area (Å²) < 4.78 is 5.89. The van der Waals surface area contributed by atoms with Crippen molar-refractivity contribution in [3.05, 3.63) is 0 Å². The third kappa shape index (κ3) is 7.94. The predicted molar refractivity (Wildman–Crippen MR) is 83.7 cm³/mol. The Hall–Kier alpha value is -0.0800. The van der Waals surface area contributed by atoms with Crippen LogP contribution in [0, 0.1) is 0 Å². The Morgan fingerprint density at radius 2 is 1.68 bits per heavy atom. The van der Waals surface area contributed by atoms with Crippen LogP contribution in [0.2, 0.25) is 0 Å². The number of hydrogen-bond donors (Lipinski definition) is 1. The normalized spacial score (nSPS) is 21.5. The Balaban J connectivity index is 1.96. The molecule has 1 N–H and O–H groups in total. The second-order valence-electron chi connectivity index (χ2n) is 6.06. The van der Waals surface area contributed by atoms with Crippen LogP contribution in [0.15, 0.2) is 0 Å². The zero-order valence-electron chi connectivity index (χ0n) is 13.3. The fourth-order valence-corrected chi connectivity index (χ4v) is 3.10. The summed E-state index contributed by atoms with van der Waals surface area (Å²) in [5.41, 5.74) is 0. The van der Waals surface area contributed by atoms with Gasteiger partial charge >= 0.3 is 0 Å². The van der Waals surface area contributed by atoms with Gasteiger partial charge in [0, 0.05) is 12.6 Å². The molecule has 2 nitrogen and oxygen atoms in total. The van der Waals surface area contributed by atoms with E-state index in [9.17, 15) is 0 Å². The number of nitrogens with one attached hydrogen (secondary N) is 1. The Morgan fingerprint density at radius 1 is 1.00 bits per heavy atom. The first-order chi connectivity index (χ1) is 9.38. The van der Waals surface area contributed by atoms with Crippen molar-refractivity contribution in [1.29, 1.82) is 0 Å². The largest absolute Gasteiger partial charge is 0.377 e. The van der Waals surface area contributed by atoms with Crippen molar-refractivity contribution in [3.8, 4) is 0 Å². The van der Waals surface area contributed by atoms with E-state index in [1.54, 1.807) is 0 Å². The van der Waals surface area contributed by atoms with E-state index < -0.39 is 0 Å². The molecule has 0 aromatic rings. The molecule has 0 aromatic heterocycles. The maximum Gasteiger partial charge on any atom is 0.0727 e. The van der Waals surface area contributed by atoms with E-state index in [0.29, 0.717) is 12.1 Å². The number of unbranched alkanes of at least 4 members (excludes halogenated alkanes) is 7. The lowest BCUT2D eigenvalue weighted by Crippen LogP contribution is -2.41. The summed E-state index contributed by atoms with van der Waals surface area (Å²) in [5.74, 6) is 0. The molecule has 19 heavy (non-hydrogen) atoms. The Morgan fingerprint density at radius 3 is 2.26 bits per heavy atom. The van der Waals surface area contributed by atoms with Gasteiger partial charge in [0.2, 0.25) is 0 Å². The van der Waals surface area contributed by atoms with Gasteiger partial charge in [0.1, 0.15) is 0 Å². The average molecular weight is 269 g/mol. The molecule has 114 valence electrons. The standard InChI is InChI=1S/C17H35NO/c1-3-4-5-6-7-8-9-10-13-16(18-2)17-14-11-12-15-19-17/h16-18H,3-15H2,1-2H3. The summed E-state index contributed by atoms with van der Waals surface area (Å²) >= 11 is 0. The molecule has 1 rings (SSSR count). The minimum absolute atomic E-state index is 0.475. The van der Waals surface area contributed by atoms with Gasteiger partial charge in [-0.05, 0) is 32.7 Å². The van der Waals surface area contributed by atoms with Crippen molar-refractivity contribution in [3.63, 3.8) is 0 Å². The highest BCUT2D eigenvalue weighted by atomic mass is 16.5. The van der Waals surface area contributed by atoms with E-state index in [1.807, 2.05) is 0 Å². The molecule has 2 heteroatoms. The van der Waals surface area contributed by atoms with Crippen LogP contribution >= 0.6 is 0 Å². The Labute approximate surface area is 120 Å². The number of hydrogen-bond acceptors (Lipinski definition) is 2. The molecule has 1 aliphatic heterocycles. The maximum atomic E-state index is 5.89. The van der Waals surface area contributed by atoms with Gasteiger partial charge in [-0.15, -0.1) is 0 Å². The van der Waals surface area contributed by atoms with E-state index in [2.05, 4.69) is 19.3 Å². The first-order valence-corrected chi connectivity index (χ1v) is 8.67. The summed E-state index contributed by atoms with van der Waals surface area (Å²) in [5, 5.41) is 3.47. The minimum Gasteiger partial charge on any atom is -0.377 e. The van der Waals surface area contributed by atoms with Gasteiger partial charge in [-0.1, -0.05) is 58.3 Å². The van der Waals surface area contributed by atoms with Crippen LogP contribution < -0.4 is 5.32 Å². The van der Waals surface area contributed by atoms with Crippen molar-refractivity contribution in [1.82, 2.24) is 5.32 Å². The molecular formula is C17H35NO. The fourth-order valence-electron chi connectivity index (χ4n) is 3.10. The van der Waals surface area contributed by atoms with Crippen molar-refractivity contribution < 1.29 is 4.74 Å². The number of ether oxygens (including phenoxy) is 1. The molecule has 0 aliphatic carbocycles. The van der Waals surface area contributed by atoms with Crippen molar-refractivity contribution in [2.75, 3.05) is 13.7 Å². The first-order valence-electron chi connectivity index (χ1n) is 8.67. The van der Waals surface area contributed by atoms with E-state index in [0.717, 1.165) is 6.61 Å². The highest BCUT2D eigenvalue weighted by molar-refractivity contribution is 4.78. The smallest absolute Gasteiger partial charge is 0.0727 e. The second kappa shape index (κ2) is 11.7. The first kappa shape index (κ1) is 17.0. The van der Waals surface area contributed by atoms with Crippen LogP contribution in [0.1, 0.15) is 84.0 Å². The van der Waals surface area contributed by atoms with Crippen molar-refractivity contribution >= 4 is 0 Å². The van der Waals surface area contributed by atoms with Crippen LogP contribution in [0.4, 0.5) is 0 Å². The third-order valence-electron chi connectivity index (χ3n) is 4.40. The quantitative estimate of drug-likeness (QED) is 0.550. The fraction of sp³-hybridized carbons (Fsp3) is 1.00. The van der Waals surface area contributed by atoms with E-state index >= 15 is 0 Å². The average Bonchev–Trinajstić information content (AvgIpc) is 2.47. The van der Waals surface area contributed by atoms with Crippen molar-refractivity contribution in [2.45, 2.75) is 96.1 Å². The molecular weight excluding hydrogens is 234 g/mol. The molecule has 0 saturated carbocycles. The van der Waals surface area contributed by atoms with E-state index in [1.165, 1.54) is 77.0 Å². The maximum absolute atomic E-state index is 5.89. The zero-order chi connectivity index (χ0) is 13.8. The molecule has 1 aliphatic rings. The lowest BCUT2D eigenvalue weighted by atomic mass is 9.97. The summed E-state index contributed by atoms with van der Waals surface area (Å²) in [4.78, 5) is 0. The number of rotatable bonds is 11. The van der Waals surface area contributed by atoms with Crippen LogP contribution in [0.5, 0.6) is 0 Å². The lowest BCUT2D eigenvalue weighted by molar-refractivity contribution is -0.00816. The predicted octanol–water partition coefficient (Wildman–Crippen LogP) is 4.67. The minimum atomic E-state index is 0.475. The number of likely N-dealkylation sites (N-methyl/N-ethyl adjacent to an activating group) is 1.